The van der Waals surface area contributed by atoms with E-state index < -0.39 is 0 Å². The van der Waals surface area contributed by atoms with Crippen LogP contribution in [0.25, 0.3) is 0 Å². The number of carbonyl (C=O) groups excluding carboxylic acids is 1. The van der Waals surface area contributed by atoms with Gasteiger partial charge in [-0.3, -0.25) is 9.78 Å². The lowest BCUT2D eigenvalue weighted by atomic mass is 10.0. The summed E-state index contributed by atoms with van der Waals surface area (Å²) in [5.74, 6) is 0.791. The highest BCUT2D eigenvalue weighted by molar-refractivity contribution is 5.81. The lowest BCUT2D eigenvalue weighted by molar-refractivity contribution is -0.133. The molecule has 18 heavy (non-hydrogen) atoms. The molecule has 96 valence electrons. The van der Waals surface area contributed by atoms with E-state index >= 15 is 0 Å². The average molecular weight is 244 g/mol. The van der Waals surface area contributed by atoms with E-state index in [0.29, 0.717) is 17.9 Å². The quantitative estimate of drug-likeness (QED) is 0.815. The molecule has 2 heterocycles. The van der Waals surface area contributed by atoms with Crippen LogP contribution in [-0.4, -0.2) is 28.4 Å². The van der Waals surface area contributed by atoms with Crippen molar-refractivity contribution in [2.45, 2.75) is 44.6 Å². The molecule has 1 saturated carbocycles. The lowest BCUT2D eigenvalue weighted by Crippen LogP contribution is -2.36. The Balaban J connectivity index is 1.56. The Morgan fingerprint density at radius 3 is 2.78 bits per heavy atom. The molecule has 0 bridgehead atoms. The second-order valence-corrected chi connectivity index (χ2v) is 5.50. The first-order chi connectivity index (χ1) is 8.84. The number of aryl methyl sites for hydroxylation is 1. The summed E-state index contributed by atoms with van der Waals surface area (Å²) in [5, 5.41) is 0. The lowest BCUT2D eigenvalue weighted by Gasteiger charge is -2.24. The highest BCUT2D eigenvalue weighted by atomic mass is 16.2. The fourth-order valence-corrected chi connectivity index (χ4v) is 2.87. The Bertz CT molecular complexity index is 414. The van der Waals surface area contributed by atoms with Crippen LogP contribution in [0.4, 0.5) is 0 Å². The summed E-state index contributed by atoms with van der Waals surface area (Å²) in [6, 6.07) is 4.62. The molecule has 1 amide bonds. The van der Waals surface area contributed by atoms with Crippen molar-refractivity contribution in [2.75, 3.05) is 6.54 Å². The Kier molecular flexibility index (Phi) is 3.31. The van der Waals surface area contributed by atoms with Gasteiger partial charge in [0, 0.05) is 30.9 Å². The fourth-order valence-electron chi connectivity index (χ4n) is 2.87. The van der Waals surface area contributed by atoms with Gasteiger partial charge in [0.2, 0.25) is 5.91 Å². The van der Waals surface area contributed by atoms with Gasteiger partial charge in [0.15, 0.2) is 0 Å². The highest BCUT2D eigenvalue weighted by Crippen LogP contribution is 2.34. The second kappa shape index (κ2) is 5.09. The highest BCUT2D eigenvalue weighted by Gasteiger charge is 2.37. The molecule has 0 unspecified atom stereocenters. The van der Waals surface area contributed by atoms with E-state index in [9.17, 15) is 4.79 Å². The summed E-state index contributed by atoms with van der Waals surface area (Å²) in [4.78, 5) is 18.3. The number of rotatable bonds is 4. The largest absolute Gasteiger partial charge is 0.339 e. The zero-order valence-corrected chi connectivity index (χ0v) is 10.7. The fraction of sp³-hybridized carbons (Fsp3) is 0.600. The molecule has 3 heteroatoms. The molecule has 2 fully saturated rings. The molecule has 2 aliphatic rings. The number of aromatic nitrogens is 1. The number of amides is 1. The van der Waals surface area contributed by atoms with Crippen molar-refractivity contribution in [3.8, 4) is 0 Å². The molecule has 1 aliphatic carbocycles. The van der Waals surface area contributed by atoms with E-state index in [-0.39, 0.29) is 0 Å². The molecule has 1 aliphatic heterocycles. The number of pyridine rings is 1. The molecule has 0 N–H and O–H groups in total. The molecule has 0 spiro atoms. The third-order valence-corrected chi connectivity index (χ3v) is 4.10. The SMILES string of the molecule is O=C(C1CC1)N1CCC[C@@H]1CCc1ccncc1. The summed E-state index contributed by atoms with van der Waals surface area (Å²) in [7, 11) is 0. The van der Waals surface area contributed by atoms with Crippen LogP contribution in [0.3, 0.4) is 0 Å². The topological polar surface area (TPSA) is 33.2 Å². The van der Waals surface area contributed by atoms with Gasteiger partial charge < -0.3 is 4.90 Å². The maximum absolute atomic E-state index is 12.1. The number of nitrogens with zero attached hydrogens (tertiary/aromatic N) is 2. The summed E-state index contributed by atoms with van der Waals surface area (Å²) in [5.41, 5.74) is 1.33. The Morgan fingerprint density at radius 2 is 2.06 bits per heavy atom. The van der Waals surface area contributed by atoms with Gasteiger partial charge in [-0.1, -0.05) is 0 Å². The summed E-state index contributed by atoms with van der Waals surface area (Å²) in [6.45, 7) is 0.982. The van der Waals surface area contributed by atoms with Gasteiger partial charge in [-0.25, -0.2) is 0 Å². The van der Waals surface area contributed by atoms with Crippen LogP contribution in [0.2, 0.25) is 0 Å². The Hall–Kier alpha value is -1.38. The van der Waals surface area contributed by atoms with Crippen LogP contribution >= 0.6 is 0 Å². The van der Waals surface area contributed by atoms with Gasteiger partial charge >= 0.3 is 0 Å². The second-order valence-electron chi connectivity index (χ2n) is 5.50. The van der Waals surface area contributed by atoms with Crippen LogP contribution < -0.4 is 0 Å². The molecule has 3 rings (SSSR count). The van der Waals surface area contributed by atoms with Crippen molar-refractivity contribution in [3.63, 3.8) is 0 Å². The number of carbonyl (C=O) groups is 1. The van der Waals surface area contributed by atoms with Crippen molar-refractivity contribution >= 4 is 5.91 Å². The molecular formula is C15H20N2O. The maximum atomic E-state index is 12.1. The third kappa shape index (κ3) is 2.55. The van der Waals surface area contributed by atoms with Crippen LogP contribution in [0.15, 0.2) is 24.5 Å². The predicted molar refractivity (Wildman–Crippen MR) is 70.0 cm³/mol. The van der Waals surface area contributed by atoms with Gasteiger partial charge in [0.1, 0.15) is 0 Å². The molecule has 1 aromatic rings. The first kappa shape index (κ1) is 11.7. The first-order valence-electron chi connectivity index (χ1n) is 7.04. The van der Waals surface area contributed by atoms with Crippen LogP contribution in [0.5, 0.6) is 0 Å². The Labute approximate surface area is 108 Å². The molecule has 0 aromatic carbocycles. The standard InChI is InChI=1S/C15H20N2O/c18-15(13-4-5-13)17-11-1-2-14(17)6-3-12-7-9-16-10-8-12/h7-10,13-14H,1-6,11H2/t14-/m1/s1. The summed E-state index contributed by atoms with van der Waals surface area (Å²) in [6.07, 6.45) is 10.4. The zero-order valence-electron chi connectivity index (χ0n) is 10.7. The van der Waals surface area contributed by atoms with Gasteiger partial charge in [-0.05, 0) is 56.2 Å². The van der Waals surface area contributed by atoms with Crippen molar-refractivity contribution in [1.82, 2.24) is 9.88 Å². The minimum Gasteiger partial charge on any atom is -0.339 e. The van der Waals surface area contributed by atoms with Crippen molar-refractivity contribution in [1.29, 1.82) is 0 Å². The molecule has 1 aromatic heterocycles. The van der Waals surface area contributed by atoms with E-state index in [4.69, 9.17) is 0 Å². The first-order valence-corrected chi connectivity index (χ1v) is 7.04. The molecule has 1 atom stereocenters. The summed E-state index contributed by atoms with van der Waals surface area (Å²) >= 11 is 0. The van der Waals surface area contributed by atoms with Crippen molar-refractivity contribution in [3.05, 3.63) is 30.1 Å². The monoisotopic (exact) mass is 244 g/mol. The van der Waals surface area contributed by atoms with Gasteiger partial charge in [-0.2, -0.15) is 0 Å². The van der Waals surface area contributed by atoms with E-state index in [2.05, 4.69) is 22.0 Å². The number of hydrogen-bond acceptors (Lipinski definition) is 2. The van der Waals surface area contributed by atoms with E-state index in [0.717, 1.165) is 32.2 Å². The van der Waals surface area contributed by atoms with Gasteiger partial charge in [-0.15, -0.1) is 0 Å². The van der Waals surface area contributed by atoms with E-state index in [1.807, 2.05) is 12.4 Å². The van der Waals surface area contributed by atoms with E-state index in [1.54, 1.807) is 0 Å². The van der Waals surface area contributed by atoms with Crippen LogP contribution in [0.1, 0.15) is 37.7 Å². The average Bonchev–Trinajstić information content (AvgIpc) is 3.15. The Morgan fingerprint density at radius 1 is 1.28 bits per heavy atom. The molecule has 0 radical (unpaired) electrons. The molecule has 1 saturated heterocycles. The van der Waals surface area contributed by atoms with Crippen LogP contribution in [0, 0.1) is 5.92 Å². The number of hydrogen-bond donors (Lipinski definition) is 0. The minimum atomic E-state index is 0.367. The van der Waals surface area contributed by atoms with Crippen molar-refractivity contribution < 1.29 is 4.79 Å². The van der Waals surface area contributed by atoms with Gasteiger partial charge in [0.25, 0.3) is 0 Å². The predicted octanol–water partition coefficient (Wildman–Crippen LogP) is 2.42. The third-order valence-electron chi connectivity index (χ3n) is 4.10. The van der Waals surface area contributed by atoms with Gasteiger partial charge in [0.05, 0.1) is 0 Å². The van der Waals surface area contributed by atoms with E-state index in [1.165, 1.54) is 18.4 Å². The van der Waals surface area contributed by atoms with Crippen LogP contribution in [-0.2, 0) is 11.2 Å². The summed E-state index contributed by atoms with van der Waals surface area (Å²) < 4.78 is 0. The maximum Gasteiger partial charge on any atom is 0.225 e. The normalized spacial score (nSPS) is 23.3. The number of likely N-dealkylation sites (tertiary alicyclic amines) is 1. The smallest absolute Gasteiger partial charge is 0.225 e. The zero-order chi connectivity index (χ0) is 12.4. The minimum absolute atomic E-state index is 0.367. The molecule has 3 nitrogen and oxygen atoms in total. The van der Waals surface area contributed by atoms with Crippen molar-refractivity contribution in [2.24, 2.45) is 5.92 Å². The molecular weight excluding hydrogens is 224 g/mol.